The summed E-state index contributed by atoms with van der Waals surface area (Å²) >= 11 is 0. The van der Waals surface area contributed by atoms with Crippen molar-refractivity contribution in [1.29, 1.82) is 0 Å². The predicted molar refractivity (Wildman–Crippen MR) is 83.8 cm³/mol. The Morgan fingerprint density at radius 3 is 2.85 bits per heavy atom. The lowest BCUT2D eigenvalue weighted by atomic mass is 10.2. The molecule has 0 radical (unpaired) electrons. The van der Waals surface area contributed by atoms with Crippen LogP contribution in [0, 0.1) is 0 Å². The van der Waals surface area contributed by atoms with E-state index in [0.717, 1.165) is 39.2 Å². The maximum Gasteiger partial charge on any atom is 0.0714 e. The average molecular weight is 276 g/mol. The molecule has 0 spiro atoms. The van der Waals surface area contributed by atoms with Gasteiger partial charge in [0.2, 0.25) is 0 Å². The van der Waals surface area contributed by atoms with E-state index in [4.69, 9.17) is 4.74 Å². The molecule has 0 aliphatic carbocycles. The molecule has 1 atom stereocenters. The molecule has 0 aromatic heterocycles. The fourth-order valence-electron chi connectivity index (χ4n) is 2.63. The Bertz CT molecular complexity index is 367. The van der Waals surface area contributed by atoms with E-state index < -0.39 is 0 Å². The summed E-state index contributed by atoms with van der Waals surface area (Å²) in [7, 11) is 0. The molecule has 1 aliphatic heterocycles. The quantitative estimate of drug-likeness (QED) is 0.739. The lowest BCUT2D eigenvalue weighted by molar-refractivity contribution is 0.0569. The fourth-order valence-corrected chi connectivity index (χ4v) is 2.63. The van der Waals surface area contributed by atoms with Crippen LogP contribution < -0.4 is 5.32 Å². The van der Waals surface area contributed by atoms with Crippen LogP contribution in [0.15, 0.2) is 30.3 Å². The fraction of sp³-hybridized carbons (Fsp3) is 0.647. The second kappa shape index (κ2) is 8.40. The maximum atomic E-state index is 5.97. The van der Waals surface area contributed by atoms with Gasteiger partial charge >= 0.3 is 0 Å². The number of benzene rings is 1. The number of likely N-dealkylation sites (tertiary alicyclic amines) is 1. The molecule has 1 unspecified atom stereocenters. The summed E-state index contributed by atoms with van der Waals surface area (Å²) in [4.78, 5) is 2.49. The molecule has 1 heterocycles. The summed E-state index contributed by atoms with van der Waals surface area (Å²) in [6.07, 6.45) is 2.70. The molecule has 20 heavy (non-hydrogen) atoms. The van der Waals surface area contributed by atoms with Crippen molar-refractivity contribution in [2.45, 2.75) is 45.4 Å². The van der Waals surface area contributed by atoms with E-state index in [9.17, 15) is 0 Å². The number of ether oxygens (including phenoxy) is 1. The van der Waals surface area contributed by atoms with Crippen LogP contribution in [0.25, 0.3) is 0 Å². The monoisotopic (exact) mass is 276 g/mol. The van der Waals surface area contributed by atoms with Gasteiger partial charge in [0.1, 0.15) is 0 Å². The Balaban J connectivity index is 1.58. The summed E-state index contributed by atoms with van der Waals surface area (Å²) in [5.41, 5.74) is 1.40. The van der Waals surface area contributed by atoms with Gasteiger partial charge in [0, 0.05) is 32.3 Å². The third-order valence-electron chi connectivity index (χ3n) is 3.71. The van der Waals surface area contributed by atoms with Gasteiger partial charge in [-0.15, -0.1) is 0 Å². The van der Waals surface area contributed by atoms with Crippen LogP contribution in [-0.2, 0) is 11.3 Å². The third-order valence-corrected chi connectivity index (χ3v) is 3.71. The molecule has 1 aromatic rings. The first kappa shape index (κ1) is 15.5. The molecule has 1 fully saturated rings. The summed E-state index contributed by atoms with van der Waals surface area (Å²) < 4.78 is 5.97. The molecule has 0 bridgehead atoms. The molecule has 0 saturated carbocycles. The highest BCUT2D eigenvalue weighted by atomic mass is 16.5. The largest absolute Gasteiger partial charge is 0.377 e. The van der Waals surface area contributed by atoms with Gasteiger partial charge in [0.05, 0.1) is 6.10 Å². The van der Waals surface area contributed by atoms with Gasteiger partial charge in [-0.2, -0.15) is 0 Å². The van der Waals surface area contributed by atoms with Crippen LogP contribution in [0.3, 0.4) is 0 Å². The number of nitrogens with one attached hydrogen (secondary N) is 1. The molecule has 3 heteroatoms. The highest BCUT2D eigenvalue weighted by Gasteiger charge is 2.22. The van der Waals surface area contributed by atoms with Crippen molar-refractivity contribution >= 4 is 0 Å². The van der Waals surface area contributed by atoms with Gasteiger partial charge in [-0.05, 0) is 24.9 Å². The van der Waals surface area contributed by atoms with Crippen molar-refractivity contribution in [3.63, 3.8) is 0 Å². The Morgan fingerprint density at radius 2 is 2.10 bits per heavy atom. The SMILES string of the molecule is CC(C)NCCCOC1CCN(Cc2ccccc2)C1. The molecule has 1 aliphatic rings. The zero-order valence-corrected chi connectivity index (χ0v) is 12.8. The molecular weight excluding hydrogens is 248 g/mol. The van der Waals surface area contributed by atoms with E-state index in [-0.39, 0.29) is 0 Å². The molecule has 1 saturated heterocycles. The summed E-state index contributed by atoms with van der Waals surface area (Å²) in [5, 5.41) is 3.42. The Labute approximate surface area is 123 Å². The Hall–Kier alpha value is -0.900. The van der Waals surface area contributed by atoms with Crippen molar-refractivity contribution in [1.82, 2.24) is 10.2 Å². The van der Waals surface area contributed by atoms with Gasteiger partial charge in [-0.1, -0.05) is 44.2 Å². The Morgan fingerprint density at radius 1 is 1.30 bits per heavy atom. The minimum atomic E-state index is 0.428. The molecule has 2 rings (SSSR count). The lowest BCUT2D eigenvalue weighted by Gasteiger charge is -2.16. The molecule has 0 amide bonds. The normalized spacial score (nSPS) is 19.9. The highest BCUT2D eigenvalue weighted by Crippen LogP contribution is 2.15. The highest BCUT2D eigenvalue weighted by molar-refractivity contribution is 5.14. The van der Waals surface area contributed by atoms with Crippen LogP contribution in [0.4, 0.5) is 0 Å². The molecule has 1 N–H and O–H groups in total. The maximum absolute atomic E-state index is 5.97. The zero-order chi connectivity index (χ0) is 14.2. The first-order valence-corrected chi connectivity index (χ1v) is 7.85. The average Bonchev–Trinajstić information content (AvgIpc) is 2.87. The molecule has 112 valence electrons. The molecule has 3 nitrogen and oxygen atoms in total. The van der Waals surface area contributed by atoms with Gasteiger partial charge in [-0.3, -0.25) is 4.90 Å². The molecular formula is C17H28N2O. The summed E-state index contributed by atoms with van der Waals surface area (Å²) in [5.74, 6) is 0. The van der Waals surface area contributed by atoms with Gasteiger partial charge in [0.15, 0.2) is 0 Å². The van der Waals surface area contributed by atoms with Crippen LogP contribution in [0.2, 0.25) is 0 Å². The van der Waals surface area contributed by atoms with E-state index in [1.54, 1.807) is 0 Å². The minimum Gasteiger partial charge on any atom is -0.377 e. The van der Waals surface area contributed by atoms with Crippen LogP contribution in [0.1, 0.15) is 32.3 Å². The third kappa shape index (κ3) is 5.61. The second-order valence-electron chi connectivity index (χ2n) is 5.96. The van der Waals surface area contributed by atoms with Gasteiger partial charge in [-0.25, -0.2) is 0 Å². The van der Waals surface area contributed by atoms with E-state index >= 15 is 0 Å². The molecule has 1 aromatic carbocycles. The van der Waals surface area contributed by atoms with Crippen LogP contribution in [0.5, 0.6) is 0 Å². The minimum absolute atomic E-state index is 0.428. The van der Waals surface area contributed by atoms with Crippen molar-refractivity contribution in [3.05, 3.63) is 35.9 Å². The van der Waals surface area contributed by atoms with Gasteiger partial charge in [0.25, 0.3) is 0 Å². The van der Waals surface area contributed by atoms with Crippen molar-refractivity contribution in [2.24, 2.45) is 0 Å². The number of rotatable bonds is 8. The summed E-state index contributed by atoms with van der Waals surface area (Å²) in [6, 6.07) is 11.3. The van der Waals surface area contributed by atoms with Crippen molar-refractivity contribution in [3.8, 4) is 0 Å². The van der Waals surface area contributed by atoms with Gasteiger partial charge < -0.3 is 10.1 Å². The topological polar surface area (TPSA) is 24.5 Å². The second-order valence-corrected chi connectivity index (χ2v) is 5.96. The summed E-state index contributed by atoms with van der Waals surface area (Å²) in [6.45, 7) is 9.58. The predicted octanol–water partition coefficient (Wildman–Crippen LogP) is 2.67. The number of nitrogens with zero attached hydrogens (tertiary/aromatic N) is 1. The van der Waals surface area contributed by atoms with E-state index in [1.807, 2.05) is 0 Å². The van der Waals surface area contributed by atoms with Crippen LogP contribution in [-0.4, -0.2) is 43.3 Å². The zero-order valence-electron chi connectivity index (χ0n) is 12.8. The smallest absolute Gasteiger partial charge is 0.0714 e. The standard InChI is InChI=1S/C17H28N2O/c1-15(2)18-10-6-12-20-17-9-11-19(14-17)13-16-7-4-3-5-8-16/h3-5,7-8,15,17-18H,6,9-14H2,1-2H3. The Kier molecular flexibility index (Phi) is 6.51. The first-order valence-electron chi connectivity index (χ1n) is 7.85. The van der Waals surface area contributed by atoms with E-state index in [1.165, 1.54) is 12.0 Å². The lowest BCUT2D eigenvalue weighted by Crippen LogP contribution is -2.26. The van der Waals surface area contributed by atoms with Crippen molar-refractivity contribution in [2.75, 3.05) is 26.2 Å². The first-order chi connectivity index (χ1) is 9.74. The number of hydrogen-bond donors (Lipinski definition) is 1. The van der Waals surface area contributed by atoms with E-state index in [2.05, 4.69) is 54.4 Å². The van der Waals surface area contributed by atoms with Crippen LogP contribution >= 0.6 is 0 Å². The van der Waals surface area contributed by atoms with E-state index in [0.29, 0.717) is 12.1 Å². The number of hydrogen-bond acceptors (Lipinski definition) is 3. The van der Waals surface area contributed by atoms with Crippen molar-refractivity contribution < 1.29 is 4.74 Å².